The van der Waals surface area contributed by atoms with Crippen LogP contribution in [0.2, 0.25) is 10.0 Å². The van der Waals surface area contributed by atoms with E-state index in [1.807, 2.05) is 4.90 Å². The summed E-state index contributed by atoms with van der Waals surface area (Å²) in [5.41, 5.74) is 0.806. The van der Waals surface area contributed by atoms with Crippen LogP contribution in [-0.4, -0.2) is 84.0 Å². The highest BCUT2D eigenvalue weighted by Gasteiger charge is 2.23. The van der Waals surface area contributed by atoms with E-state index in [2.05, 4.69) is 4.90 Å². The Hall–Kier alpha value is -1.60. The van der Waals surface area contributed by atoms with Crippen LogP contribution in [-0.2, 0) is 9.59 Å². The number of piperidine rings is 1. The summed E-state index contributed by atoms with van der Waals surface area (Å²) in [4.78, 5) is 31.2. The van der Waals surface area contributed by atoms with Crippen molar-refractivity contribution in [3.05, 3.63) is 39.9 Å². The van der Waals surface area contributed by atoms with E-state index >= 15 is 0 Å². The molecule has 2 heterocycles. The smallest absolute Gasteiger partial charge is 0.246 e. The minimum absolute atomic E-state index is 0.1000. The van der Waals surface area contributed by atoms with Gasteiger partial charge in [-0.05, 0) is 75.0 Å². The molecule has 0 aromatic heterocycles. The molecule has 0 atom stereocenters. The molecule has 1 aromatic rings. The number of nitrogens with zero attached hydrogens (tertiary/aromatic N) is 3. The predicted molar refractivity (Wildman–Crippen MR) is 129 cm³/mol. The molecule has 3 rings (SSSR count). The zero-order chi connectivity index (χ0) is 22.9. The van der Waals surface area contributed by atoms with Gasteiger partial charge in [-0.15, -0.1) is 0 Å². The van der Waals surface area contributed by atoms with E-state index in [4.69, 9.17) is 23.2 Å². The number of benzene rings is 1. The zero-order valence-corrected chi connectivity index (χ0v) is 20.0. The van der Waals surface area contributed by atoms with Gasteiger partial charge < -0.3 is 19.8 Å². The number of carbonyl (C=O) groups excluding carboxylic acids is 2. The zero-order valence-electron chi connectivity index (χ0n) is 18.5. The fourth-order valence-electron chi connectivity index (χ4n) is 4.24. The maximum atomic E-state index is 12.6. The van der Waals surface area contributed by atoms with Crippen LogP contribution in [0.1, 0.15) is 37.7 Å². The van der Waals surface area contributed by atoms with Crippen LogP contribution in [0, 0.1) is 5.92 Å². The lowest BCUT2D eigenvalue weighted by molar-refractivity contribution is -0.130. The number of hydrogen-bond acceptors (Lipinski definition) is 4. The molecule has 0 aliphatic carbocycles. The van der Waals surface area contributed by atoms with Crippen LogP contribution >= 0.6 is 23.2 Å². The molecule has 1 aromatic carbocycles. The van der Waals surface area contributed by atoms with E-state index in [1.165, 1.54) is 6.08 Å². The number of carbonyl (C=O) groups is 2. The summed E-state index contributed by atoms with van der Waals surface area (Å²) >= 11 is 12.0. The first-order chi connectivity index (χ1) is 15.5. The second-order valence-electron chi connectivity index (χ2n) is 8.64. The molecule has 2 aliphatic rings. The van der Waals surface area contributed by atoms with Gasteiger partial charge in [0.15, 0.2) is 0 Å². The van der Waals surface area contributed by atoms with Crippen LogP contribution in [0.5, 0.6) is 0 Å². The Morgan fingerprint density at radius 1 is 1.03 bits per heavy atom. The molecule has 2 fully saturated rings. The van der Waals surface area contributed by atoms with Crippen molar-refractivity contribution >= 4 is 41.1 Å². The molecule has 0 radical (unpaired) electrons. The molecule has 0 spiro atoms. The van der Waals surface area contributed by atoms with Crippen LogP contribution in [0.4, 0.5) is 0 Å². The molecule has 176 valence electrons. The largest absolute Gasteiger partial charge is 0.396 e. The normalized spacial score (nSPS) is 19.0. The first-order valence-electron chi connectivity index (χ1n) is 11.5. The van der Waals surface area contributed by atoms with Crippen LogP contribution in [0.15, 0.2) is 24.3 Å². The third-order valence-corrected chi connectivity index (χ3v) is 7.12. The average Bonchev–Trinajstić information content (AvgIpc) is 2.99. The molecule has 2 amide bonds. The first-order valence-corrected chi connectivity index (χ1v) is 12.2. The van der Waals surface area contributed by atoms with Crippen molar-refractivity contribution in [1.82, 2.24) is 14.7 Å². The molecule has 8 heteroatoms. The third-order valence-electron chi connectivity index (χ3n) is 6.38. The third kappa shape index (κ3) is 7.48. The molecule has 32 heavy (non-hydrogen) atoms. The summed E-state index contributed by atoms with van der Waals surface area (Å²) in [6, 6.07) is 5.23. The second kappa shape index (κ2) is 12.6. The highest BCUT2D eigenvalue weighted by molar-refractivity contribution is 6.42. The van der Waals surface area contributed by atoms with Crippen LogP contribution in [0.25, 0.3) is 6.08 Å². The number of aliphatic hydroxyl groups excluding tert-OH is 1. The Kier molecular flexibility index (Phi) is 9.85. The van der Waals surface area contributed by atoms with Crippen molar-refractivity contribution in [2.45, 2.75) is 32.1 Å². The molecule has 2 aliphatic heterocycles. The van der Waals surface area contributed by atoms with Crippen molar-refractivity contribution in [3.63, 3.8) is 0 Å². The fourth-order valence-corrected chi connectivity index (χ4v) is 4.55. The molecular weight excluding hydrogens is 449 g/mol. The van der Waals surface area contributed by atoms with E-state index in [1.54, 1.807) is 29.2 Å². The highest BCUT2D eigenvalue weighted by Crippen LogP contribution is 2.23. The van der Waals surface area contributed by atoms with E-state index < -0.39 is 0 Å². The maximum absolute atomic E-state index is 12.6. The van der Waals surface area contributed by atoms with E-state index in [9.17, 15) is 14.7 Å². The molecule has 0 saturated carbocycles. The van der Waals surface area contributed by atoms with Gasteiger partial charge in [0.1, 0.15) is 0 Å². The standard InChI is InChI=1S/C24H33Cl2N3O3/c25-21-5-3-19(17-22(21)26)4-6-23(31)29-14-9-24(32)28(15-16-29)11-2-1-10-27-12-7-20(18-30)8-13-27/h3-6,17,20,30H,1-2,7-16,18H2/b6-4+. The van der Waals surface area contributed by atoms with Crippen LogP contribution < -0.4 is 0 Å². The maximum Gasteiger partial charge on any atom is 0.246 e. The lowest BCUT2D eigenvalue weighted by atomic mass is 9.98. The van der Waals surface area contributed by atoms with Gasteiger partial charge in [-0.3, -0.25) is 9.59 Å². The fraction of sp³-hybridized carbons (Fsp3) is 0.583. The molecule has 0 unspecified atom stereocenters. The summed E-state index contributed by atoms with van der Waals surface area (Å²) in [7, 11) is 0. The van der Waals surface area contributed by atoms with Crippen molar-refractivity contribution in [3.8, 4) is 0 Å². The van der Waals surface area contributed by atoms with Gasteiger partial charge in [-0.1, -0.05) is 29.3 Å². The monoisotopic (exact) mass is 481 g/mol. The van der Waals surface area contributed by atoms with E-state index in [0.29, 0.717) is 48.6 Å². The minimum Gasteiger partial charge on any atom is -0.396 e. The van der Waals surface area contributed by atoms with E-state index in [0.717, 1.165) is 57.4 Å². The van der Waals surface area contributed by atoms with Crippen molar-refractivity contribution < 1.29 is 14.7 Å². The number of halogens is 2. The predicted octanol–water partition coefficient (Wildman–Crippen LogP) is 3.55. The summed E-state index contributed by atoms with van der Waals surface area (Å²) in [5.74, 6) is 0.486. The topological polar surface area (TPSA) is 64.1 Å². The lowest BCUT2D eigenvalue weighted by Crippen LogP contribution is -2.37. The molecule has 6 nitrogen and oxygen atoms in total. The number of rotatable bonds is 8. The minimum atomic E-state index is -0.1000. The van der Waals surface area contributed by atoms with Gasteiger partial charge in [-0.25, -0.2) is 0 Å². The molecule has 1 N–H and O–H groups in total. The first kappa shape index (κ1) is 25.0. The van der Waals surface area contributed by atoms with Gasteiger partial charge in [0, 0.05) is 45.3 Å². The Morgan fingerprint density at radius 3 is 2.50 bits per heavy atom. The Morgan fingerprint density at radius 2 is 1.78 bits per heavy atom. The molecule has 2 saturated heterocycles. The number of hydrogen-bond donors (Lipinski definition) is 1. The number of aliphatic hydroxyl groups is 1. The summed E-state index contributed by atoms with van der Waals surface area (Å²) < 4.78 is 0. The Labute approximate surface area is 200 Å². The Balaban J connectivity index is 1.39. The number of amides is 2. The van der Waals surface area contributed by atoms with Gasteiger partial charge in [-0.2, -0.15) is 0 Å². The number of unbranched alkanes of at least 4 members (excludes halogenated alkanes) is 1. The van der Waals surface area contributed by atoms with Gasteiger partial charge in [0.05, 0.1) is 10.0 Å². The second-order valence-corrected chi connectivity index (χ2v) is 9.45. The van der Waals surface area contributed by atoms with Crippen LogP contribution in [0.3, 0.4) is 0 Å². The lowest BCUT2D eigenvalue weighted by Gasteiger charge is -2.31. The molecule has 0 bridgehead atoms. The average molecular weight is 482 g/mol. The number of likely N-dealkylation sites (tertiary alicyclic amines) is 1. The van der Waals surface area contributed by atoms with Gasteiger partial charge in [0.25, 0.3) is 0 Å². The molecular formula is C24H33Cl2N3O3. The Bertz CT molecular complexity index is 810. The summed E-state index contributed by atoms with van der Waals surface area (Å²) in [6.07, 6.45) is 7.79. The van der Waals surface area contributed by atoms with Gasteiger partial charge in [0.2, 0.25) is 11.8 Å². The highest BCUT2D eigenvalue weighted by atomic mass is 35.5. The van der Waals surface area contributed by atoms with Gasteiger partial charge >= 0.3 is 0 Å². The van der Waals surface area contributed by atoms with Crippen molar-refractivity contribution in [1.29, 1.82) is 0 Å². The summed E-state index contributed by atoms with van der Waals surface area (Å²) in [6.45, 7) is 5.77. The SMILES string of the molecule is O=C(/C=C/c1ccc(Cl)c(Cl)c1)N1CCC(=O)N(CCCCN2CCC(CO)CC2)CC1. The van der Waals surface area contributed by atoms with E-state index in [-0.39, 0.29) is 11.8 Å². The summed E-state index contributed by atoms with van der Waals surface area (Å²) in [5, 5.41) is 10.2. The van der Waals surface area contributed by atoms with Crippen molar-refractivity contribution in [2.24, 2.45) is 5.92 Å². The van der Waals surface area contributed by atoms with Crippen molar-refractivity contribution in [2.75, 3.05) is 52.4 Å². The quantitative estimate of drug-likeness (QED) is 0.455.